The van der Waals surface area contributed by atoms with Crippen LogP contribution in [0.4, 0.5) is 5.69 Å². The first-order valence-electron chi connectivity index (χ1n) is 4.76. The Morgan fingerprint density at radius 2 is 2.23 bits per heavy atom. The second-order valence-corrected chi connectivity index (χ2v) is 3.34. The summed E-state index contributed by atoms with van der Waals surface area (Å²) in [5.74, 6) is 0. The van der Waals surface area contributed by atoms with Crippen LogP contribution in [0.3, 0.4) is 0 Å². The van der Waals surface area contributed by atoms with E-state index in [2.05, 4.69) is 35.0 Å². The Bertz CT molecular complexity index is 318. The fraction of sp³-hybridized carbons (Fsp3) is 0.364. The first-order chi connectivity index (χ1) is 6.40. The standard InChI is InChI=1S/C11H14N2/c1-2-7-13-8-10-5-3-4-6-11(10)12-9-13/h3-6,9H,2,7-8H2,1H3. The third kappa shape index (κ3) is 1.72. The molecule has 2 nitrogen and oxygen atoms in total. The molecule has 1 aromatic carbocycles. The second-order valence-electron chi connectivity index (χ2n) is 3.34. The Labute approximate surface area is 78.9 Å². The number of nitrogens with zero attached hydrogens (tertiary/aromatic N) is 2. The molecular weight excluding hydrogens is 160 g/mol. The van der Waals surface area contributed by atoms with E-state index in [-0.39, 0.29) is 0 Å². The molecule has 2 heteroatoms. The van der Waals surface area contributed by atoms with Crippen LogP contribution < -0.4 is 0 Å². The van der Waals surface area contributed by atoms with E-state index < -0.39 is 0 Å². The summed E-state index contributed by atoms with van der Waals surface area (Å²) in [5, 5.41) is 0. The molecule has 0 fully saturated rings. The molecular formula is C11H14N2. The predicted molar refractivity (Wildman–Crippen MR) is 55.3 cm³/mol. The van der Waals surface area contributed by atoms with E-state index in [0.717, 1.165) is 18.8 Å². The maximum atomic E-state index is 4.39. The molecule has 0 saturated heterocycles. The molecule has 0 spiro atoms. The molecule has 0 amide bonds. The minimum absolute atomic E-state index is 1.01. The zero-order chi connectivity index (χ0) is 9.10. The molecule has 0 N–H and O–H groups in total. The lowest BCUT2D eigenvalue weighted by Crippen LogP contribution is -2.24. The Hall–Kier alpha value is -1.31. The van der Waals surface area contributed by atoms with Gasteiger partial charge < -0.3 is 4.90 Å². The summed E-state index contributed by atoms with van der Waals surface area (Å²) < 4.78 is 0. The molecule has 68 valence electrons. The normalized spacial score (nSPS) is 14.4. The van der Waals surface area contributed by atoms with E-state index in [0.29, 0.717) is 0 Å². The molecule has 1 aromatic rings. The number of hydrogen-bond acceptors (Lipinski definition) is 2. The third-order valence-electron chi connectivity index (χ3n) is 2.24. The van der Waals surface area contributed by atoms with Crippen LogP contribution in [0.25, 0.3) is 0 Å². The van der Waals surface area contributed by atoms with Crippen molar-refractivity contribution < 1.29 is 0 Å². The summed E-state index contributed by atoms with van der Waals surface area (Å²) in [6.07, 6.45) is 3.13. The average Bonchev–Trinajstić information content (AvgIpc) is 2.18. The van der Waals surface area contributed by atoms with Crippen LogP contribution in [0.15, 0.2) is 29.3 Å². The molecule has 1 aliphatic heterocycles. The van der Waals surface area contributed by atoms with Gasteiger partial charge in [-0.3, -0.25) is 0 Å². The molecule has 0 bridgehead atoms. The number of benzene rings is 1. The first kappa shape index (κ1) is 8.30. The lowest BCUT2D eigenvalue weighted by Gasteiger charge is -2.23. The number of para-hydroxylation sites is 1. The van der Waals surface area contributed by atoms with Crippen molar-refractivity contribution in [3.8, 4) is 0 Å². The van der Waals surface area contributed by atoms with Gasteiger partial charge in [0.25, 0.3) is 0 Å². The van der Waals surface area contributed by atoms with Gasteiger partial charge in [0.05, 0.1) is 12.0 Å². The van der Waals surface area contributed by atoms with Crippen molar-refractivity contribution in [3.63, 3.8) is 0 Å². The minimum atomic E-state index is 1.01. The molecule has 1 aliphatic rings. The van der Waals surface area contributed by atoms with Crippen LogP contribution in [0.5, 0.6) is 0 Å². The van der Waals surface area contributed by atoms with E-state index in [9.17, 15) is 0 Å². The summed E-state index contributed by atoms with van der Waals surface area (Å²) in [6, 6.07) is 8.32. The van der Waals surface area contributed by atoms with E-state index in [4.69, 9.17) is 0 Å². The van der Waals surface area contributed by atoms with Gasteiger partial charge in [-0.05, 0) is 18.1 Å². The van der Waals surface area contributed by atoms with Crippen molar-refractivity contribution in [3.05, 3.63) is 29.8 Å². The van der Waals surface area contributed by atoms with Gasteiger partial charge in [-0.25, -0.2) is 4.99 Å². The maximum absolute atomic E-state index is 4.39. The average molecular weight is 174 g/mol. The summed E-state index contributed by atoms with van der Waals surface area (Å²) in [5.41, 5.74) is 2.45. The lowest BCUT2D eigenvalue weighted by molar-refractivity contribution is 0.419. The third-order valence-corrected chi connectivity index (χ3v) is 2.24. The number of rotatable bonds is 2. The lowest BCUT2D eigenvalue weighted by atomic mass is 10.1. The molecule has 2 rings (SSSR count). The van der Waals surface area contributed by atoms with Gasteiger partial charge in [-0.1, -0.05) is 25.1 Å². The molecule has 0 atom stereocenters. The van der Waals surface area contributed by atoms with Gasteiger partial charge in [0.15, 0.2) is 0 Å². The Morgan fingerprint density at radius 3 is 3.08 bits per heavy atom. The number of fused-ring (bicyclic) bond motifs is 1. The molecule has 0 aliphatic carbocycles. The summed E-state index contributed by atoms with van der Waals surface area (Å²) in [7, 11) is 0. The Morgan fingerprint density at radius 1 is 1.38 bits per heavy atom. The highest BCUT2D eigenvalue weighted by Crippen LogP contribution is 2.22. The molecule has 0 saturated carbocycles. The van der Waals surface area contributed by atoms with Gasteiger partial charge in [-0.2, -0.15) is 0 Å². The van der Waals surface area contributed by atoms with Gasteiger partial charge in [0.1, 0.15) is 0 Å². The number of hydrogen-bond donors (Lipinski definition) is 0. The first-order valence-corrected chi connectivity index (χ1v) is 4.76. The van der Waals surface area contributed by atoms with Crippen LogP contribution in [-0.2, 0) is 6.54 Å². The van der Waals surface area contributed by atoms with Gasteiger partial charge in [0, 0.05) is 13.1 Å². The maximum Gasteiger partial charge on any atom is 0.0915 e. The van der Waals surface area contributed by atoms with Crippen molar-refractivity contribution in [2.24, 2.45) is 4.99 Å². The predicted octanol–water partition coefficient (Wildman–Crippen LogP) is 2.57. The van der Waals surface area contributed by atoms with Crippen LogP contribution in [-0.4, -0.2) is 17.8 Å². The van der Waals surface area contributed by atoms with Crippen molar-refractivity contribution in [2.45, 2.75) is 19.9 Å². The highest BCUT2D eigenvalue weighted by Gasteiger charge is 2.09. The fourth-order valence-corrected chi connectivity index (χ4v) is 1.60. The van der Waals surface area contributed by atoms with Crippen molar-refractivity contribution in [2.75, 3.05) is 6.54 Å². The van der Waals surface area contributed by atoms with Crippen LogP contribution >= 0.6 is 0 Å². The van der Waals surface area contributed by atoms with Crippen molar-refractivity contribution >= 4 is 12.0 Å². The fourth-order valence-electron chi connectivity index (χ4n) is 1.60. The second kappa shape index (κ2) is 3.60. The highest BCUT2D eigenvalue weighted by atomic mass is 15.2. The van der Waals surface area contributed by atoms with Crippen LogP contribution in [0.1, 0.15) is 18.9 Å². The summed E-state index contributed by atoms with van der Waals surface area (Å²) in [4.78, 5) is 6.65. The molecule has 1 heterocycles. The highest BCUT2D eigenvalue weighted by molar-refractivity contribution is 5.66. The van der Waals surface area contributed by atoms with Crippen LogP contribution in [0, 0.1) is 0 Å². The van der Waals surface area contributed by atoms with E-state index in [1.807, 2.05) is 12.4 Å². The van der Waals surface area contributed by atoms with Crippen molar-refractivity contribution in [1.82, 2.24) is 4.90 Å². The van der Waals surface area contributed by atoms with Crippen LogP contribution in [0.2, 0.25) is 0 Å². The number of aliphatic imine (C=N–C) groups is 1. The quantitative estimate of drug-likeness (QED) is 0.672. The largest absolute Gasteiger partial charge is 0.358 e. The zero-order valence-corrected chi connectivity index (χ0v) is 7.90. The molecule has 0 aromatic heterocycles. The molecule has 0 radical (unpaired) electrons. The smallest absolute Gasteiger partial charge is 0.0915 e. The zero-order valence-electron chi connectivity index (χ0n) is 7.90. The minimum Gasteiger partial charge on any atom is -0.358 e. The van der Waals surface area contributed by atoms with Gasteiger partial charge in [-0.15, -0.1) is 0 Å². The molecule has 13 heavy (non-hydrogen) atoms. The topological polar surface area (TPSA) is 15.6 Å². The Balaban J connectivity index is 2.19. The van der Waals surface area contributed by atoms with Gasteiger partial charge in [0.2, 0.25) is 0 Å². The van der Waals surface area contributed by atoms with E-state index in [1.165, 1.54) is 12.0 Å². The van der Waals surface area contributed by atoms with E-state index >= 15 is 0 Å². The van der Waals surface area contributed by atoms with Gasteiger partial charge >= 0.3 is 0 Å². The van der Waals surface area contributed by atoms with Crippen molar-refractivity contribution in [1.29, 1.82) is 0 Å². The summed E-state index contributed by atoms with van der Waals surface area (Å²) in [6.45, 7) is 4.29. The van der Waals surface area contributed by atoms with E-state index in [1.54, 1.807) is 0 Å². The summed E-state index contributed by atoms with van der Waals surface area (Å²) >= 11 is 0. The SMILES string of the molecule is CCCN1C=Nc2ccccc2C1. The molecule has 0 unspecified atom stereocenters. The Kier molecular flexibility index (Phi) is 2.30. The monoisotopic (exact) mass is 174 g/mol.